The summed E-state index contributed by atoms with van der Waals surface area (Å²) in [6.45, 7) is 6.97. The number of aliphatic imine (C=N–C) groups is 1. The van der Waals surface area contributed by atoms with E-state index in [0.717, 1.165) is 31.2 Å². The maximum Gasteiger partial charge on any atom is 0.254 e. The zero-order chi connectivity index (χ0) is 21.0. The Hall–Kier alpha value is -2.57. The van der Waals surface area contributed by atoms with Gasteiger partial charge in [-0.05, 0) is 49.3 Å². The third-order valence-corrected chi connectivity index (χ3v) is 6.67. The molecule has 3 fully saturated rings. The highest BCUT2D eigenvalue weighted by molar-refractivity contribution is 5.97. The second-order valence-corrected chi connectivity index (χ2v) is 8.82. The number of amides is 2. The van der Waals surface area contributed by atoms with Crippen LogP contribution in [0, 0.1) is 5.41 Å². The van der Waals surface area contributed by atoms with Gasteiger partial charge in [-0.3, -0.25) is 9.59 Å². The van der Waals surface area contributed by atoms with Crippen molar-refractivity contribution in [2.75, 3.05) is 39.3 Å². The average molecular weight is 412 g/mol. The number of nitrogens with one attached hydrogen (secondary N) is 2. The van der Waals surface area contributed by atoms with E-state index in [1.807, 2.05) is 24.3 Å². The molecule has 1 aromatic rings. The molecule has 7 nitrogen and oxygen atoms in total. The lowest BCUT2D eigenvalue weighted by molar-refractivity contribution is -0.123. The van der Waals surface area contributed by atoms with Crippen molar-refractivity contribution in [2.24, 2.45) is 10.4 Å². The molecule has 3 aliphatic rings. The molecule has 2 saturated heterocycles. The number of carbonyl (C=O) groups excluding carboxylic acids is 2. The van der Waals surface area contributed by atoms with E-state index in [4.69, 9.17) is 4.99 Å². The molecule has 2 amide bonds. The molecule has 2 heterocycles. The number of rotatable bonds is 4. The molecular weight excluding hydrogens is 378 g/mol. The first-order valence-corrected chi connectivity index (χ1v) is 11.3. The summed E-state index contributed by atoms with van der Waals surface area (Å²) in [6, 6.07) is 7.62. The van der Waals surface area contributed by atoms with E-state index >= 15 is 0 Å². The Labute approximate surface area is 178 Å². The van der Waals surface area contributed by atoms with Crippen molar-refractivity contribution in [1.29, 1.82) is 0 Å². The summed E-state index contributed by atoms with van der Waals surface area (Å²) in [5, 5.41) is 6.20. The molecule has 0 radical (unpaired) electrons. The van der Waals surface area contributed by atoms with Crippen molar-refractivity contribution in [3.05, 3.63) is 35.4 Å². The highest BCUT2D eigenvalue weighted by Crippen LogP contribution is 2.45. The molecule has 0 bridgehead atoms. The van der Waals surface area contributed by atoms with Gasteiger partial charge in [0.25, 0.3) is 5.91 Å². The number of hydrogen-bond donors (Lipinski definition) is 2. The molecular formula is C23H33N5O2. The fraction of sp³-hybridized carbons (Fsp3) is 0.609. The molecule has 1 spiro atoms. The minimum Gasteiger partial charge on any atom is -0.357 e. The molecule has 1 aliphatic carbocycles. The highest BCUT2D eigenvalue weighted by atomic mass is 16.2. The Morgan fingerprint density at radius 2 is 1.90 bits per heavy atom. The van der Waals surface area contributed by atoms with Crippen LogP contribution < -0.4 is 10.6 Å². The molecule has 0 unspecified atom stereocenters. The van der Waals surface area contributed by atoms with E-state index in [1.165, 1.54) is 32.1 Å². The van der Waals surface area contributed by atoms with Crippen molar-refractivity contribution in [1.82, 2.24) is 20.4 Å². The van der Waals surface area contributed by atoms with E-state index in [0.29, 0.717) is 30.6 Å². The van der Waals surface area contributed by atoms with Gasteiger partial charge in [0.2, 0.25) is 5.91 Å². The Bertz CT molecular complexity index is 798. The lowest BCUT2D eigenvalue weighted by Gasteiger charge is -2.26. The second-order valence-electron chi connectivity index (χ2n) is 8.82. The molecule has 7 heteroatoms. The quantitative estimate of drug-likeness (QED) is 0.587. The highest BCUT2D eigenvalue weighted by Gasteiger charge is 2.41. The van der Waals surface area contributed by atoms with Crippen LogP contribution in [0.25, 0.3) is 0 Å². The number of carbonyl (C=O) groups is 2. The predicted octanol–water partition coefficient (Wildman–Crippen LogP) is 1.99. The Balaban J connectivity index is 1.38. The summed E-state index contributed by atoms with van der Waals surface area (Å²) in [4.78, 5) is 33.0. The molecule has 2 N–H and O–H groups in total. The van der Waals surface area contributed by atoms with Gasteiger partial charge in [-0.15, -0.1) is 0 Å². The Morgan fingerprint density at radius 1 is 1.13 bits per heavy atom. The summed E-state index contributed by atoms with van der Waals surface area (Å²) in [6.07, 6.45) is 6.74. The third kappa shape index (κ3) is 4.60. The first kappa shape index (κ1) is 20.7. The maximum absolute atomic E-state index is 12.6. The first-order valence-electron chi connectivity index (χ1n) is 11.3. The van der Waals surface area contributed by atoms with Crippen LogP contribution in [0.4, 0.5) is 0 Å². The fourth-order valence-electron chi connectivity index (χ4n) is 4.99. The largest absolute Gasteiger partial charge is 0.357 e. The summed E-state index contributed by atoms with van der Waals surface area (Å²) in [7, 11) is 0. The third-order valence-electron chi connectivity index (χ3n) is 6.67. The van der Waals surface area contributed by atoms with Crippen LogP contribution in [-0.2, 0) is 11.3 Å². The van der Waals surface area contributed by atoms with E-state index in [9.17, 15) is 9.59 Å². The van der Waals surface area contributed by atoms with Gasteiger partial charge in [-0.1, -0.05) is 25.0 Å². The molecule has 1 aromatic carbocycles. The summed E-state index contributed by atoms with van der Waals surface area (Å²) < 4.78 is 0. The SMILES string of the molecule is CCNC(=NCc1ccc(C(=O)N2CCNC(=O)C2)cc1)N1CCC2(CCCC2)C1. The number of hydrogen-bond acceptors (Lipinski definition) is 3. The van der Waals surface area contributed by atoms with E-state index in [1.54, 1.807) is 4.90 Å². The van der Waals surface area contributed by atoms with Crippen molar-refractivity contribution in [3.63, 3.8) is 0 Å². The first-order chi connectivity index (χ1) is 14.6. The molecule has 30 heavy (non-hydrogen) atoms. The smallest absolute Gasteiger partial charge is 0.254 e. The fourth-order valence-corrected chi connectivity index (χ4v) is 4.99. The van der Waals surface area contributed by atoms with Gasteiger partial charge in [-0.25, -0.2) is 4.99 Å². The molecule has 0 atom stereocenters. The number of piperazine rings is 1. The lowest BCUT2D eigenvalue weighted by atomic mass is 9.86. The van der Waals surface area contributed by atoms with Crippen molar-refractivity contribution in [3.8, 4) is 0 Å². The predicted molar refractivity (Wildman–Crippen MR) is 117 cm³/mol. The van der Waals surface area contributed by atoms with Crippen LogP contribution in [-0.4, -0.2) is 66.8 Å². The normalized spacial score (nSPS) is 21.2. The van der Waals surface area contributed by atoms with Crippen LogP contribution >= 0.6 is 0 Å². The Morgan fingerprint density at radius 3 is 2.60 bits per heavy atom. The van der Waals surface area contributed by atoms with Crippen molar-refractivity contribution < 1.29 is 9.59 Å². The molecule has 0 aromatic heterocycles. The van der Waals surface area contributed by atoms with Gasteiger partial charge in [0.15, 0.2) is 5.96 Å². The van der Waals surface area contributed by atoms with Crippen LogP contribution in [0.15, 0.2) is 29.3 Å². The van der Waals surface area contributed by atoms with E-state index in [2.05, 4.69) is 22.5 Å². The summed E-state index contributed by atoms with van der Waals surface area (Å²) >= 11 is 0. The van der Waals surface area contributed by atoms with Crippen LogP contribution in [0.5, 0.6) is 0 Å². The van der Waals surface area contributed by atoms with Gasteiger partial charge < -0.3 is 20.4 Å². The van der Waals surface area contributed by atoms with Crippen LogP contribution in [0.3, 0.4) is 0 Å². The van der Waals surface area contributed by atoms with Gasteiger partial charge in [-0.2, -0.15) is 0 Å². The van der Waals surface area contributed by atoms with Crippen LogP contribution in [0.2, 0.25) is 0 Å². The van der Waals surface area contributed by atoms with E-state index < -0.39 is 0 Å². The number of likely N-dealkylation sites (tertiary alicyclic amines) is 1. The zero-order valence-corrected chi connectivity index (χ0v) is 18.0. The molecule has 2 aliphatic heterocycles. The van der Waals surface area contributed by atoms with Crippen molar-refractivity contribution >= 4 is 17.8 Å². The van der Waals surface area contributed by atoms with Gasteiger partial charge in [0, 0.05) is 38.3 Å². The standard InChI is InChI=1S/C23H33N5O2/c1-2-24-22(28-13-11-23(17-28)9-3-4-10-23)26-15-18-5-7-19(8-6-18)21(30)27-14-12-25-20(29)16-27/h5-8H,2-4,9-17H2,1H3,(H,24,26)(H,25,29). The Kier molecular flexibility index (Phi) is 6.25. The zero-order valence-electron chi connectivity index (χ0n) is 18.0. The van der Waals surface area contributed by atoms with Gasteiger partial charge in [0.05, 0.1) is 13.1 Å². The maximum atomic E-state index is 12.6. The molecule has 4 rings (SSSR count). The van der Waals surface area contributed by atoms with Crippen LogP contribution in [0.1, 0.15) is 54.9 Å². The summed E-state index contributed by atoms with van der Waals surface area (Å²) in [5.41, 5.74) is 2.21. The minimum atomic E-state index is -0.0993. The lowest BCUT2D eigenvalue weighted by Crippen LogP contribution is -2.49. The van der Waals surface area contributed by atoms with Crippen molar-refractivity contribution in [2.45, 2.75) is 45.6 Å². The average Bonchev–Trinajstić information content (AvgIpc) is 3.41. The number of benzene rings is 1. The number of nitrogens with zero attached hydrogens (tertiary/aromatic N) is 3. The minimum absolute atomic E-state index is 0.0906. The topological polar surface area (TPSA) is 77.0 Å². The van der Waals surface area contributed by atoms with E-state index in [-0.39, 0.29) is 18.4 Å². The molecule has 162 valence electrons. The number of guanidine groups is 1. The van der Waals surface area contributed by atoms with Gasteiger partial charge in [0.1, 0.15) is 0 Å². The summed E-state index contributed by atoms with van der Waals surface area (Å²) in [5.74, 6) is 0.811. The monoisotopic (exact) mass is 411 g/mol. The van der Waals surface area contributed by atoms with Gasteiger partial charge >= 0.3 is 0 Å². The molecule has 1 saturated carbocycles. The second kappa shape index (κ2) is 9.06.